The predicted octanol–water partition coefficient (Wildman–Crippen LogP) is 2.70. The van der Waals surface area contributed by atoms with Crippen molar-refractivity contribution in [2.24, 2.45) is 7.05 Å². The Kier molecular flexibility index (Phi) is 7.09. The third-order valence-corrected chi connectivity index (χ3v) is 5.37. The summed E-state index contributed by atoms with van der Waals surface area (Å²) in [5.74, 6) is 0.406. The van der Waals surface area contributed by atoms with Gasteiger partial charge >= 0.3 is 6.09 Å². The average Bonchev–Trinajstić information content (AvgIpc) is 3.42. The molecule has 1 fully saturated rings. The van der Waals surface area contributed by atoms with Gasteiger partial charge in [0.05, 0.1) is 12.3 Å². The van der Waals surface area contributed by atoms with Crippen LogP contribution in [0.4, 0.5) is 10.6 Å². The highest BCUT2D eigenvalue weighted by Crippen LogP contribution is 2.34. The number of carbonyl (C=O) groups is 2. The fourth-order valence-corrected chi connectivity index (χ4v) is 3.61. The molecule has 1 aliphatic rings. The normalized spacial score (nSPS) is 19.5. The molecule has 0 aliphatic heterocycles. The van der Waals surface area contributed by atoms with Gasteiger partial charge in [0.2, 0.25) is 0 Å². The van der Waals surface area contributed by atoms with Crippen LogP contribution in [0.1, 0.15) is 67.3 Å². The number of alkyl carbamates (subject to hydrolysis) is 1. The molecule has 2 amide bonds. The summed E-state index contributed by atoms with van der Waals surface area (Å²) < 4.78 is 11.9. The quantitative estimate of drug-likeness (QED) is 0.606. The fraction of sp³-hybridized carbons (Fsp3) is 0.600. The zero-order valence-electron chi connectivity index (χ0n) is 17.9. The van der Waals surface area contributed by atoms with Gasteiger partial charge in [-0.1, -0.05) is 6.92 Å². The Morgan fingerprint density at radius 3 is 2.90 bits per heavy atom. The molecule has 0 saturated heterocycles. The van der Waals surface area contributed by atoms with E-state index >= 15 is 0 Å². The molecule has 2 aromatic heterocycles. The average molecular weight is 418 g/mol. The van der Waals surface area contributed by atoms with E-state index in [1.54, 1.807) is 20.2 Å². The van der Waals surface area contributed by atoms with Crippen LogP contribution in [0.5, 0.6) is 0 Å². The van der Waals surface area contributed by atoms with Gasteiger partial charge in [0.1, 0.15) is 11.8 Å². The maximum atomic E-state index is 12.5. The monoisotopic (exact) mass is 418 g/mol. The molecule has 3 N–H and O–H groups in total. The summed E-state index contributed by atoms with van der Waals surface area (Å²) in [6.45, 7) is 4.20. The zero-order valence-corrected chi connectivity index (χ0v) is 17.9. The van der Waals surface area contributed by atoms with Gasteiger partial charge in [0, 0.05) is 37.9 Å². The zero-order chi connectivity index (χ0) is 21.7. The number of nitrogens with one attached hydrogen (secondary N) is 3. The summed E-state index contributed by atoms with van der Waals surface area (Å²) in [7, 11) is 3.29. The lowest BCUT2D eigenvalue weighted by Gasteiger charge is -2.16. The highest BCUT2D eigenvalue weighted by atomic mass is 16.6. The smallest absolute Gasteiger partial charge is 0.407 e. The van der Waals surface area contributed by atoms with E-state index in [4.69, 9.17) is 9.47 Å². The van der Waals surface area contributed by atoms with Crippen LogP contribution in [-0.2, 0) is 23.1 Å². The number of rotatable bonds is 8. The van der Waals surface area contributed by atoms with Crippen LogP contribution in [0.25, 0.3) is 0 Å². The first kappa shape index (κ1) is 21.8. The highest BCUT2D eigenvalue weighted by Gasteiger charge is 2.29. The topological polar surface area (TPSA) is 123 Å². The first-order valence-corrected chi connectivity index (χ1v) is 10.2. The number of aromatic amines is 1. The predicted molar refractivity (Wildman–Crippen MR) is 110 cm³/mol. The van der Waals surface area contributed by atoms with Crippen LogP contribution in [-0.4, -0.2) is 51.2 Å². The number of methoxy groups -OCH3 is 1. The minimum absolute atomic E-state index is 0.0709. The molecule has 3 atom stereocenters. The number of ether oxygens (including phenoxy) is 2. The number of H-pyrrole nitrogens is 1. The Hall–Kier alpha value is -2.88. The van der Waals surface area contributed by atoms with Gasteiger partial charge < -0.3 is 20.1 Å². The number of nitrogens with zero attached hydrogens (tertiary/aromatic N) is 3. The van der Waals surface area contributed by atoms with Crippen molar-refractivity contribution < 1.29 is 19.1 Å². The molecule has 2 aromatic rings. The molecule has 3 rings (SSSR count). The van der Waals surface area contributed by atoms with Crippen LogP contribution in [0.2, 0.25) is 0 Å². The minimum atomic E-state index is -0.364. The maximum Gasteiger partial charge on any atom is 0.407 e. The molecule has 30 heavy (non-hydrogen) atoms. The van der Waals surface area contributed by atoms with Crippen molar-refractivity contribution in [3.05, 3.63) is 29.2 Å². The van der Waals surface area contributed by atoms with Crippen molar-refractivity contribution in [1.29, 1.82) is 0 Å². The third-order valence-electron chi connectivity index (χ3n) is 5.37. The van der Waals surface area contributed by atoms with Crippen LogP contribution in [0, 0.1) is 0 Å². The van der Waals surface area contributed by atoms with E-state index in [0.717, 1.165) is 31.4 Å². The van der Waals surface area contributed by atoms with Crippen LogP contribution < -0.4 is 10.6 Å². The van der Waals surface area contributed by atoms with E-state index in [1.807, 2.05) is 19.9 Å². The van der Waals surface area contributed by atoms with Crippen molar-refractivity contribution in [2.45, 2.75) is 64.2 Å². The molecule has 0 spiro atoms. The van der Waals surface area contributed by atoms with E-state index in [0.29, 0.717) is 23.8 Å². The number of aromatic nitrogens is 4. The van der Waals surface area contributed by atoms with Gasteiger partial charge in [0.25, 0.3) is 5.91 Å². The molecule has 1 saturated carbocycles. The van der Waals surface area contributed by atoms with Gasteiger partial charge in [-0.2, -0.15) is 10.2 Å². The Morgan fingerprint density at radius 1 is 1.37 bits per heavy atom. The van der Waals surface area contributed by atoms with Crippen molar-refractivity contribution in [3.8, 4) is 0 Å². The van der Waals surface area contributed by atoms with Gasteiger partial charge in [0.15, 0.2) is 5.82 Å². The maximum absolute atomic E-state index is 12.5. The SMILES string of the molecule is CC[C@H](C)OC(=O)N[C@@H]1CC[C@H](c2cc(NC(=O)c3cc(COC)nn3C)n[nH]2)C1. The third kappa shape index (κ3) is 5.38. The number of aryl methyl sites for hydroxylation is 1. The van der Waals surface area contributed by atoms with E-state index in [-0.39, 0.29) is 30.1 Å². The minimum Gasteiger partial charge on any atom is -0.447 e. The molecule has 0 radical (unpaired) electrons. The summed E-state index contributed by atoms with van der Waals surface area (Å²) in [5.41, 5.74) is 2.05. The van der Waals surface area contributed by atoms with E-state index < -0.39 is 0 Å². The summed E-state index contributed by atoms with van der Waals surface area (Å²) in [6.07, 6.45) is 2.93. The van der Waals surface area contributed by atoms with Crippen molar-refractivity contribution in [2.75, 3.05) is 12.4 Å². The largest absolute Gasteiger partial charge is 0.447 e. The van der Waals surface area contributed by atoms with Gasteiger partial charge in [-0.05, 0) is 38.7 Å². The van der Waals surface area contributed by atoms with Crippen LogP contribution >= 0.6 is 0 Å². The molecule has 10 nitrogen and oxygen atoms in total. The fourth-order valence-electron chi connectivity index (χ4n) is 3.61. The number of anilines is 1. The first-order valence-electron chi connectivity index (χ1n) is 10.2. The molecule has 0 aromatic carbocycles. The lowest BCUT2D eigenvalue weighted by molar-refractivity contribution is 0.101. The Bertz CT molecular complexity index is 877. The molecule has 0 unspecified atom stereocenters. The van der Waals surface area contributed by atoms with Crippen LogP contribution in [0.15, 0.2) is 12.1 Å². The van der Waals surface area contributed by atoms with Crippen molar-refractivity contribution in [1.82, 2.24) is 25.3 Å². The molecule has 2 heterocycles. The molecule has 10 heteroatoms. The second kappa shape index (κ2) is 9.75. The molecule has 1 aliphatic carbocycles. The van der Waals surface area contributed by atoms with Gasteiger partial charge in [-0.3, -0.25) is 14.6 Å². The second-order valence-electron chi connectivity index (χ2n) is 7.72. The van der Waals surface area contributed by atoms with E-state index in [1.165, 1.54) is 4.68 Å². The standard InChI is InChI=1S/C20H30N6O4/c1-5-12(2)30-20(28)21-14-7-6-13(8-14)16-10-18(24-23-16)22-19(27)17-9-15(11-29-4)25-26(17)3/h9-10,12-14H,5-8,11H2,1-4H3,(H,21,28)(H2,22,23,24,27)/t12-,13-,14+/m0/s1. The summed E-state index contributed by atoms with van der Waals surface area (Å²) >= 11 is 0. The molecule has 164 valence electrons. The number of hydrogen-bond donors (Lipinski definition) is 3. The van der Waals surface area contributed by atoms with E-state index in [2.05, 4.69) is 25.9 Å². The summed E-state index contributed by atoms with van der Waals surface area (Å²) in [4.78, 5) is 24.5. The molecule has 0 bridgehead atoms. The highest BCUT2D eigenvalue weighted by molar-refractivity contribution is 6.02. The Morgan fingerprint density at radius 2 is 2.17 bits per heavy atom. The molecular formula is C20H30N6O4. The van der Waals surface area contributed by atoms with E-state index in [9.17, 15) is 9.59 Å². The summed E-state index contributed by atoms with van der Waals surface area (Å²) in [6, 6.07) is 3.61. The van der Waals surface area contributed by atoms with Gasteiger partial charge in [-0.15, -0.1) is 0 Å². The van der Waals surface area contributed by atoms with Crippen LogP contribution in [0.3, 0.4) is 0 Å². The lowest BCUT2D eigenvalue weighted by Crippen LogP contribution is -2.35. The van der Waals surface area contributed by atoms with Crippen molar-refractivity contribution >= 4 is 17.8 Å². The number of hydrogen-bond acceptors (Lipinski definition) is 6. The Balaban J connectivity index is 1.54. The molecular weight excluding hydrogens is 388 g/mol. The number of carbonyl (C=O) groups excluding carboxylic acids is 2. The summed E-state index contributed by atoms with van der Waals surface area (Å²) in [5, 5.41) is 17.2. The second-order valence-corrected chi connectivity index (χ2v) is 7.72. The van der Waals surface area contributed by atoms with Gasteiger partial charge in [-0.25, -0.2) is 4.79 Å². The van der Waals surface area contributed by atoms with Crippen molar-refractivity contribution in [3.63, 3.8) is 0 Å². The number of amides is 2. The first-order chi connectivity index (χ1) is 14.4. The Labute approximate surface area is 175 Å². The lowest BCUT2D eigenvalue weighted by atomic mass is 10.0.